The van der Waals surface area contributed by atoms with Crippen molar-refractivity contribution in [3.8, 4) is 5.75 Å². The predicted octanol–water partition coefficient (Wildman–Crippen LogP) is 2.56. The standard InChI is InChI=1S/C14H18ClNO3/c1-18-12-6-5-10(7-11(12)15)13(14(17)19-2)16-8-9-3-4-9/h5-7,9,13,16H,3-4,8H2,1-2H3. The molecule has 0 bridgehead atoms. The zero-order chi connectivity index (χ0) is 13.8. The maximum atomic E-state index is 11.9. The molecule has 19 heavy (non-hydrogen) atoms. The Hall–Kier alpha value is -1.26. The third kappa shape index (κ3) is 3.61. The molecule has 1 aliphatic carbocycles. The van der Waals surface area contributed by atoms with Crippen LogP contribution in [0.3, 0.4) is 0 Å². The summed E-state index contributed by atoms with van der Waals surface area (Å²) >= 11 is 6.09. The molecule has 104 valence electrons. The van der Waals surface area contributed by atoms with Gasteiger partial charge in [-0.2, -0.15) is 0 Å². The highest BCUT2D eigenvalue weighted by atomic mass is 35.5. The molecule has 0 spiro atoms. The number of methoxy groups -OCH3 is 2. The van der Waals surface area contributed by atoms with Gasteiger partial charge >= 0.3 is 5.97 Å². The van der Waals surface area contributed by atoms with Crippen LogP contribution in [0.25, 0.3) is 0 Å². The van der Waals surface area contributed by atoms with E-state index in [0.29, 0.717) is 16.7 Å². The van der Waals surface area contributed by atoms with Gasteiger partial charge in [0.05, 0.1) is 19.2 Å². The van der Waals surface area contributed by atoms with Gasteiger partial charge in [0, 0.05) is 0 Å². The Kier molecular flexibility index (Phi) is 4.66. The number of rotatable bonds is 6. The van der Waals surface area contributed by atoms with Gasteiger partial charge < -0.3 is 14.8 Å². The van der Waals surface area contributed by atoms with Crippen molar-refractivity contribution in [3.05, 3.63) is 28.8 Å². The van der Waals surface area contributed by atoms with Crippen molar-refractivity contribution < 1.29 is 14.3 Å². The molecule has 0 saturated heterocycles. The van der Waals surface area contributed by atoms with E-state index in [-0.39, 0.29) is 5.97 Å². The molecule has 1 unspecified atom stereocenters. The first kappa shape index (κ1) is 14.2. The van der Waals surface area contributed by atoms with Crippen LogP contribution in [0.2, 0.25) is 5.02 Å². The highest BCUT2D eigenvalue weighted by Crippen LogP contribution is 2.30. The van der Waals surface area contributed by atoms with E-state index in [1.807, 2.05) is 6.07 Å². The van der Waals surface area contributed by atoms with Crippen LogP contribution in [0.5, 0.6) is 5.75 Å². The number of hydrogen-bond donors (Lipinski definition) is 1. The van der Waals surface area contributed by atoms with Gasteiger partial charge in [-0.3, -0.25) is 0 Å². The maximum Gasteiger partial charge on any atom is 0.327 e. The fraction of sp³-hybridized carbons (Fsp3) is 0.500. The van der Waals surface area contributed by atoms with Gasteiger partial charge in [0.2, 0.25) is 0 Å². The van der Waals surface area contributed by atoms with E-state index in [2.05, 4.69) is 5.32 Å². The SMILES string of the molecule is COC(=O)C(NCC1CC1)c1ccc(OC)c(Cl)c1. The first-order chi connectivity index (χ1) is 9.15. The Labute approximate surface area is 118 Å². The lowest BCUT2D eigenvalue weighted by Crippen LogP contribution is -2.31. The van der Waals surface area contributed by atoms with Crippen LogP contribution >= 0.6 is 11.6 Å². The summed E-state index contributed by atoms with van der Waals surface area (Å²) < 4.78 is 9.95. The second kappa shape index (κ2) is 6.26. The average molecular weight is 284 g/mol. The molecule has 1 saturated carbocycles. The van der Waals surface area contributed by atoms with Gasteiger partial charge in [0.15, 0.2) is 0 Å². The molecule has 1 atom stereocenters. The monoisotopic (exact) mass is 283 g/mol. The van der Waals surface area contributed by atoms with Crippen molar-refractivity contribution in [1.82, 2.24) is 5.32 Å². The number of carbonyl (C=O) groups is 1. The Morgan fingerprint density at radius 2 is 2.21 bits per heavy atom. The van der Waals surface area contributed by atoms with E-state index in [0.717, 1.165) is 12.1 Å². The lowest BCUT2D eigenvalue weighted by molar-refractivity contribution is -0.143. The van der Waals surface area contributed by atoms with E-state index >= 15 is 0 Å². The van der Waals surface area contributed by atoms with E-state index in [1.165, 1.54) is 20.0 Å². The highest BCUT2D eigenvalue weighted by molar-refractivity contribution is 6.32. The Morgan fingerprint density at radius 1 is 1.47 bits per heavy atom. The average Bonchev–Trinajstić information content (AvgIpc) is 3.23. The molecule has 1 fully saturated rings. The number of benzene rings is 1. The largest absolute Gasteiger partial charge is 0.495 e. The van der Waals surface area contributed by atoms with Crippen molar-refractivity contribution >= 4 is 17.6 Å². The fourth-order valence-corrected chi connectivity index (χ4v) is 2.19. The molecule has 1 aromatic carbocycles. The number of carbonyl (C=O) groups excluding carboxylic acids is 1. The van der Waals surface area contributed by atoms with Crippen LogP contribution in [0, 0.1) is 5.92 Å². The highest BCUT2D eigenvalue weighted by Gasteiger charge is 2.26. The number of esters is 1. The van der Waals surface area contributed by atoms with Crippen LogP contribution in [0.15, 0.2) is 18.2 Å². The molecule has 2 rings (SSSR count). The summed E-state index contributed by atoms with van der Waals surface area (Å²) in [6, 6.07) is 4.84. The van der Waals surface area contributed by atoms with Crippen molar-refractivity contribution in [3.63, 3.8) is 0 Å². The summed E-state index contributed by atoms with van der Waals surface area (Å²) in [7, 11) is 2.95. The quantitative estimate of drug-likeness (QED) is 0.815. The molecule has 1 aliphatic rings. The summed E-state index contributed by atoms with van der Waals surface area (Å²) in [5.41, 5.74) is 0.790. The zero-order valence-corrected chi connectivity index (χ0v) is 11.9. The van der Waals surface area contributed by atoms with Crippen LogP contribution in [-0.4, -0.2) is 26.7 Å². The van der Waals surface area contributed by atoms with E-state index in [1.54, 1.807) is 19.2 Å². The van der Waals surface area contributed by atoms with Crippen LogP contribution in [0.1, 0.15) is 24.4 Å². The molecule has 0 aliphatic heterocycles. The Morgan fingerprint density at radius 3 is 2.74 bits per heavy atom. The van der Waals surface area contributed by atoms with Gasteiger partial charge in [-0.15, -0.1) is 0 Å². The lowest BCUT2D eigenvalue weighted by atomic mass is 10.1. The van der Waals surface area contributed by atoms with Crippen LogP contribution < -0.4 is 10.1 Å². The normalized spacial score (nSPS) is 15.9. The third-order valence-electron chi connectivity index (χ3n) is 3.25. The molecular formula is C14H18ClNO3. The summed E-state index contributed by atoms with van der Waals surface area (Å²) in [6.45, 7) is 0.823. The number of ether oxygens (including phenoxy) is 2. The van der Waals surface area contributed by atoms with E-state index in [9.17, 15) is 4.79 Å². The molecule has 1 N–H and O–H groups in total. The number of hydrogen-bond acceptors (Lipinski definition) is 4. The summed E-state index contributed by atoms with van der Waals surface area (Å²) in [6.07, 6.45) is 2.45. The fourth-order valence-electron chi connectivity index (χ4n) is 1.92. The lowest BCUT2D eigenvalue weighted by Gasteiger charge is -2.17. The minimum absolute atomic E-state index is 0.304. The molecule has 0 heterocycles. The molecular weight excluding hydrogens is 266 g/mol. The zero-order valence-electron chi connectivity index (χ0n) is 11.1. The first-order valence-electron chi connectivity index (χ1n) is 6.30. The minimum atomic E-state index is -0.478. The second-order valence-electron chi connectivity index (χ2n) is 4.70. The van der Waals surface area contributed by atoms with Crippen molar-refractivity contribution in [2.24, 2.45) is 5.92 Å². The van der Waals surface area contributed by atoms with E-state index < -0.39 is 6.04 Å². The smallest absolute Gasteiger partial charge is 0.327 e. The topological polar surface area (TPSA) is 47.6 Å². The van der Waals surface area contributed by atoms with Crippen molar-refractivity contribution in [2.45, 2.75) is 18.9 Å². The number of nitrogens with one attached hydrogen (secondary N) is 1. The van der Waals surface area contributed by atoms with E-state index in [4.69, 9.17) is 21.1 Å². The van der Waals surface area contributed by atoms with Crippen LogP contribution in [0.4, 0.5) is 0 Å². The van der Waals surface area contributed by atoms with Crippen molar-refractivity contribution in [1.29, 1.82) is 0 Å². The number of halogens is 1. The van der Waals surface area contributed by atoms with Crippen molar-refractivity contribution in [2.75, 3.05) is 20.8 Å². The van der Waals surface area contributed by atoms with Gasteiger partial charge in [0.25, 0.3) is 0 Å². The Bertz CT molecular complexity index is 460. The molecule has 4 nitrogen and oxygen atoms in total. The maximum absolute atomic E-state index is 11.9. The Balaban J connectivity index is 2.15. The summed E-state index contributed by atoms with van der Waals surface area (Å²) in [4.78, 5) is 11.9. The second-order valence-corrected chi connectivity index (χ2v) is 5.11. The molecule has 0 aromatic heterocycles. The third-order valence-corrected chi connectivity index (χ3v) is 3.55. The van der Waals surface area contributed by atoms with Gasteiger partial charge in [-0.05, 0) is 43.0 Å². The first-order valence-corrected chi connectivity index (χ1v) is 6.68. The minimum Gasteiger partial charge on any atom is -0.495 e. The summed E-state index contributed by atoms with van der Waals surface area (Å²) in [5.74, 6) is 0.971. The van der Waals surface area contributed by atoms with Gasteiger partial charge in [0.1, 0.15) is 11.8 Å². The molecule has 0 amide bonds. The van der Waals surface area contributed by atoms with Gasteiger partial charge in [-0.25, -0.2) is 4.79 Å². The van der Waals surface area contributed by atoms with Crippen LogP contribution in [-0.2, 0) is 9.53 Å². The molecule has 1 aromatic rings. The summed E-state index contributed by atoms with van der Waals surface area (Å²) in [5, 5.41) is 3.73. The predicted molar refractivity (Wildman–Crippen MR) is 73.5 cm³/mol. The molecule has 5 heteroatoms. The van der Waals surface area contributed by atoms with Gasteiger partial charge in [-0.1, -0.05) is 17.7 Å². The molecule has 0 radical (unpaired) electrons.